The molecule has 1 saturated carbocycles. The third-order valence-electron chi connectivity index (χ3n) is 4.23. The van der Waals surface area contributed by atoms with Gasteiger partial charge in [-0.2, -0.15) is 4.98 Å². The zero-order chi connectivity index (χ0) is 17.1. The van der Waals surface area contributed by atoms with E-state index in [9.17, 15) is 9.18 Å². The van der Waals surface area contributed by atoms with Crippen LogP contribution < -0.4 is 5.32 Å². The van der Waals surface area contributed by atoms with Crippen molar-refractivity contribution in [2.24, 2.45) is 5.92 Å². The molecule has 1 aliphatic rings. The molecule has 128 valence electrons. The molecule has 2 aromatic rings. The number of benzene rings is 1. The van der Waals surface area contributed by atoms with Gasteiger partial charge in [0.15, 0.2) is 5.82 Å². The Morgan fingerprint density at radius 2 is 2.12 bits per heavy atom. The topological polar surface area (TPSA) is 68.0 Å². The van der Waals surface area contributed by atoms with Crippen LogP contribution >= 0.6 is 0 Å². The number of halogens is 1. The maximum absolute atomic E-state index is 13.6. The van der Waals surface area contributed by atoms with Gasteiger partial charge in [-0.25, -0.2) is 4.39 Å². The minimum Gasteiger partial charge on any atom is -0.344 e. The molecule has 3 rings (SSSR count). The number of carbonyl (C=O) groups excluding carboxylic acids is 1. The second-order valence-corrected chi connectivity index (χ2v) is 6.65. The molecule has 1 aromatic heterocycles. The molecular weight excluding hydrogens is 309 g/mol. The molecule has 1 atom stereocenters. The van der Waals surface area contributed by atoms with E-state index in [1.165, 1.54) is 6.07 Å². The van der Waals surface area contributed by atoms with E-state index in [-0.39, 0.29) is 30.1 Å². The first kappa shape index (κ1) is 16.6. The summed E-state index contributed by atoms with van der Waals surface area (Å²) < 4.78 is 19.0. The molecule has 1 heterocycles. The van der Waals surface area contributed by atoms with E-state index in [2.05, 4.69) is 15.5 Å². The van der Waals surface area contributed by atoms with Crippen LogP contribution in [0.4, 0.5) is 4.39 Å². The first-order valence-corrected chi connectivity index (χ1v) is 8.41. The predicted octanol–water partition coefficient (Wildman–Crippen LogP) is 3.53. The number of nitrogens with one attached hydrogen (secondary N) is 1. The number of aryl methyl sites for hydroxylation is 1. The Morgan fingerprint density at radius 3 is 2.79 bits per heavy atom. The summed E-state index contributed by atoms with van der Waals surface area (Å²) in [5.74, 6) is 1.28. The van der Waals surface area contributed by atoms with E-state index in [1.807, 2.05) is 13.8 Å². The van der Waals surface area contributed by atoms with Crippen LogP contribution in [0.15, 0.2) is 28.8 Å². The summed E-state index contributed by atoms with van der Waals surface area (Å²) in [6, 6.07) is 6.19. The molecule has 1 amide bonds. The number of carbonyl (C=O) groups is 1. The number of hydrogen-bond donors (Lipinski definition) is 1. The van der Waals surface area contributed by atoms with Crippen LogP contribution in [0.1, 0.15) is 62.3 Å². The number of rotatable bonds is 7. The lowest BCUT2D eigenvalue weighted by atomic mass is 10.0. The highest BCUT2D eigenvalue weighted by Gasteiger charge is 2.31. The van der Waals surface area contributed by atoms with Gasteiger partial charge >= 0.3 is 0 Å². The Balaban J connectivity index is 1.60. The molecule has 0 spiro atoms. The van der Waals surface area contributed by atoms with Gasteiger partial charge in [0.1, 0.15) is 11.9 Å². The molecule has 1 aromatic carbocycles. The van der Waals surface area contributed by atoms with Crippen molar-refractivity contribution in [3.63, 3.8) is 0 Å². The Hall–Kier alpha value is -2.24. The summed E-state index contributed by atoms with van der Waals surface area (Å²) in [5.41, 5.74) is 0.544. The molecule has 0 unspecified atom stereocenters. The number of nitrogens with zero attached hydrogens (tertiary/aromatic N) is 2. The highest BCUT2D eigenvalue weighted by Crippen LogP contribution is 2.38. The summed E-state index contributed by atoms with van der Waals surface area (Å²) in [6.07, 6.45) is 2.77. The molecular formula is C18H22FN3O2. The van der Waals surface area contributed by atoms with Crippen molar-refractivity contribution < 1.29 is 13.7 Å². The van der Waals surface area contributed by atoms with Crippen LogP contribution in [-0.2, 0) is 11.2 Å². The molecule has 1 aliphatic carbocycles. The summed E-state index contributed by atoms with van der Waals surface area (Å²) >= 11 is 0. The number of amides is 1. The lowest BCUT2D eigenvalue weighted by Crippen LogP contribution is -2.32. The monoisotopic (exact) mass is 331 g/mol. The van der Waals surface area contributed by atoms with E-state index in [1.54, 1.807) is 18.2 Å². The van der Waals surface area contributed by atoms with Crippen LogP contribution in [0.3, 0.4) is 0 Å². The molecule has 5 nitrogen and oxygen atoms in total. The summed E-state index contributed by atoms with van der Waals surface area (Å²) in [4.78, 5) is 16.7. The van der Waals surface area contributed by atoms with Gasteiger partial charge in [-0.1, -0.05) is 37.2 Å². The van der Waals surface area contributed by atoms with Crippen LogP contribution in [0.5, 0.6) is 0 Å². The van der Waals surface area contributed by atoms with Gasteiger partial charge in [-0.3, -0.25) is 4.79 Å². The van der Waals surface area contributed by atoms with E-state index in [4.69, 9.17) is 4.52 Å². The molecule has 24 heavy (non-hydrogen) atoms. The van der Waals surface area contributed by atoms with Gasteiger partial charge < -0.3 is 9.84 Å². The number of aromatic nitrogens is 2. The lowest BCUT2D eigenvalue weighted by Gasteiger charge is -2.18. The van der Waals surface area contributed by atoms with Crippen molar-refractivity contribution in [1.82, 2.24) is 15.5 Å². The predicted molar refractivity (Wildman–Crippen MR) is 86.7 cm³/mol. The van der Waals surface area contributed by atoms with Gasteiger partial charge in [0, 0.05) is 12.3 Å². The molecule has 6 heteroatoms. The third kappa shape index (κ3) is 3.99. The smallest absolute Gasteiger partial charge is 0.249 e. The Bertz CT molecular complexity index is 710. The molecule has 0 bridgehead atoms. The molecule has 1 fully saturated rings. The minimum atomic E-state index is -0.321. The highest BCUT2D eigenvalue weighted by molar-refractivity contribution is 5.76. The molecule has 1 N–H and O–H groups in total. The Kier molecular flexibility index (Phi) is 4.92. The van der Waals surface area contributed by atoms with Crippen molar-refractivity contribution in [1.29, 1.82) is 0 Å². The fraction of sp³-hybridized carbons (Fsp3) is 0.500. The second kappa shape index (κ2) is 7.11. The third-order valence-corrected chi connectivity index (χ3v) is 4.23. The van der Waals surface area contributed by atoms with Gasteiger partial charge in [0.2, 0.25) is 11.8 Å². The summed E-state index contributed by atoms with van der Waals surface area (Å²) in [7, 11) is 0. The zero-order valence-electron chi connectivity index (χ0n) is 14.0. The van der Waals surface area contributed by atoms with Crippen molar-refractivity contribution in [3.05, 3.63) is 47.4 Å². The highest BCUT2D eigenvalue weighted by atomic mass is 19.1. The van der Waals surface area contributed by atoms with Crippen molar-refractivity contribution in [2.45, 2.75) is 51.5 Å². The maximum Gasteiger partial charge on any atom is 0.249 e. The summed E-state index contributed by atoms with van der Waals surface area (Å²) in [5, 5.41) is 6.94. The molecule has 0 aliphatic heterocycles. The fourth-order valence-corrected chi connectivity index (χ4v) is 2.59. The Labute approximate surface area is 140 Å². The van der Waals surface area contributed by atoms with E-state index in [0.717, 1.165) is 18.7 Å². The van der Waals surface area contributed by atoms with E-state index >= 15 is 0 Å². The van der Waals surface area contributed by atoms with Crippen LogP contribution in [0.2, 0.25) is 0 Å². The Morgan fingerprint density at radius 1 is 1.38 bits per heavy atom. The molecule has 0 radical (unpaired) electrons. The standard InChI is InChI=1S/C18H22FN3O2/c1-11(2)16(18-21-17(22-24-18)13-7-8-13)20-15(23)10-9-12-5-3-4-6-14(12)19/h3-6,11,13,16H,7-10H2,1-2H3,(H,20,23)/t16-/m0/s1. The van der Waals surface area contributed by atoms with E-state index in [0.29, 0.717) is 23.8 Å². The molecule has 0 saturated heterocycles. The first-order chi connectivity index (χ1) is 11.5. The van der Waals surface area contributed by atoms with Crippen molar-refractivity contribution >= 4 is 5.91 Å². The van der Waals surface area contributed by atoms with Crippen LogP contribution in [-0.4, -0.2) is 16.0 Å². The quantitative estimate of drug-likeness (QED) is 0.843. The van der Waals surface area contributed by atoms with E-state index < -0.39 is 0 Å². The largest absolute Gasteiger partial charge is 0.344 e. The van der Waals surface area contributed by atoms with Gasteiger partial charge in [-0.05, 0) is 36.8 Å². The fourth-order valence-electron chi connectivity index (χ4n) is 2.59. The maximum atomic E-state index is 13.6. The first-order valence-electron chi connectivity index (χ1n) is 8.41. The van der Waals surface area contributed by atoms with Gasteiger partial charge in [-0.15, -0.1) is 0 Å². The summed E-state index contributed by atoms with van der Waals surface area (Å²) in [6.45, 7) is 3.98. The lowest BCUT2D eigenvalue weighted by molar-refractivity contribution is -0.122. The van der Waals surface area contributed by atoms with Gasteiger partial charge in [0.05, 0.1) is 0 Å². The SMILES string of the molecule is CC(C)[C@H](NC(=O)CCc1ccccc1F)c1nc(C2CC2)no1. The number of hydrogen-bond acceptors (Lipinski definition) is 4. The van der Waals surface area contributed by atoms with Crippen molar-refractivity contribution in [3.8, 4) is 0 Å². The minimum absolute atomic E-state index is 0.120. The van der Waals surface area contributed by atoms with Crippen LogP contribution in [0.25, 0.3) is 0 Å². The van der Waals surface area contributed by atoms with Gasteiger partial charge in [0.25, 0.3) is 0 Å². The zero-order valence-corrected chi connectivity index (χ0v) is 14.0. The average Bonchev–Trinajstić information content (AvgIpc) is 3.29. The average molecular weight is 331 g/mol. The van der Waals surface area contributed by atoms with Crippen molar-refractivity contribution in [2.75, 3.05) is 0 Å². The second-order valence-electron chi connectivity index (χ2n) is 6.65. The van der Waals surface area contributed by atoms with Crippen LogP contribution in [0, 0.1) is 11.7 Å². The normalized spacial score (nSPS) is 15.5.